The van der Waals surface area contributed by atoms with Gasteiger partial charge in [0.1, 0.15) is 6.23 Å². The molecule has 0 spiro atoms. The zero-order valence-corrected chi connectivity index (χ0v) is 11.0. The lowest BCUT2D eigenvalue weighted by molar-refractivity contribution is 0.0439. The van der Waals surface area contributed by atoms with Crippen molar-refractivity contribution >= 4 is 23.3 Å². The van der Waals surface area contributed by atoms with E-state index in [2.05, 4.69) is 0 Å². The van der Waals surface area contributed by atoms with Crippen LogP contribution in [0, 0.1) is 0 Å². The van der Waals surface area contributed by atoms with Crippen LogP contribution < -0.4 is 0 Å². The van der Waals surface area contributed by atoms with E-state index in [1.165, 1.54) is 6.08 Å². The summed E-state index contributed by atoms with van der Waals surface area (Å²) in [4.78, 5) is 26.1. The molecule has 1 saturated heterocycles. The van der Waals surface area contributed by atoms with Crippen LogP contribution in [0.4, 0.5) is 0 Å². The number of carbonyl (C=O) groups is 2. The summed E-state index contributed by atoms with van der Waals surface area (Å²) < 4.78 is 0. The van der Waals surface area contributed by atoms with Gasteiger partial charge in [0.05, 0.1) is 5.70 Å². The average molecular weight is 275 g/mol. The average Bonchev–Trinajstić information content (AvgIpc) is 2.44. The van der Waals surface area contributed by atoms with Gasteiger partial charge in [-0.15, -0.1) is 0 Å². The molecule has 1 fully saturated rings. The van der Waals surface area contributed by atoms with Gasteiger partial charge in [-0.25, -0.2) is 0 Å². The summed E-state index contributed by atoms with van der Waals surface area (Å²) in [6.07, 6.45) is 0.649. The van der Waals surface area contributed by atoms with Crippen molar-refractivity contribution in [2.24, 2.45) is 0 Å². The fourth-order valence-corrected chi connectivity index (χ4v) is 3.27. The number of nitrogens with zero attached hydrogens (tertiary/aromatic N) is 1. The van der Waals surface area contributed by atoms with Crippen molar-refractivity contribution in [2.75, 3.05) is 18.1 Å². The minimum Gasteiger partial charge on any atom is -0.373 e. The molecular formula is C14H13NO3S. The standard InChI is InChI=1S/C14H13NO3S/c16-12-7-11(15-5-6-19-8-13(15)17)14(18)10-4-2-1-3-9(10)12/h1-4,7,13,17H,5-6,8H2. The highest BCUT2D eigenvalue weighted by molar-refractivity contribution is 7.99. The fraction of sp³-hybridized carbons (Fsp3) is 0.286. The molecule has 1 heterocycles. The molecule has 0 bridgehead atoms. The lowest BCUT2D eigenvalue weighted by atomic mass is 9.92. The Bertz CT molecular complexity index is 582. The molecular weight excluding hydrogens is 262 g/mol. The van der Waals surface area contributed by atoms with E-state index in [1.807, 2.05) is 0 Å². The summed E-state index contributed by atoms with van der Waals surface area (Å²) in [5.41, 5.74) is 1.18. The number of Topliss-reactive ketones (excluding diaryl/α,β-unsaturated/α-hetero) is 1. The topological polar surface area (TPSA) is 57.6 Å². The molecule has 5 heteroatoms. The molecule has 98 valence electrons. The van der Waals surface area contributed by atoms with Crippen molar-refractivity contribution in [3.63, 3.8) is 0 Å². The SMILES string of the molecule is O=C1C=C(N2CCSCC2O)C(=O)c2ccccc21. The van der Waals surface area contributed by atoms with E-state index in [-0.39, 0.29) is 11.6 Å². The maximum absolute atomic E-state index is 12.4. The van der Waals surface area contributed by atoms with Crippen LogP contribution in [0.15, 0.2) is 36.0 Å². The van der Waals surface area contributed by atoms with E-state index in [4.69, 9.17) is 0 Å². The number of fused-ring (bicyclic) bond motifs is 1. The number of hydrogen-bond acceptors (Lipinski definition) is 5. The van der Waals surface area contributed by atoms with Crippen molar-refractivity contribution in [3.8, 4) is 0 Å². The van der Waals surface area contributed by atoms with Gasteiger partial charge >= 0.3 is 0 Å². The van der Waals surface area contributed by atoms with Crippen molar-refractivity contribution in [1.29, 1.82) is 0 Å². The van der Waals surface area contributed by atoms with E-state index in [9.17, 15) is 14.7 Å². The second kappa shape index (κ2) is 4.83. The highest BCUT2D eigenvalue weighted by atomic mass is 32.2. The molecule has 2 aliphatic rings. The van der Waals surface area contributed by atoms with Gasteiger partial charge < -0.3 is 10.0 Å². The Morgan fingerprint density at radius 3 is 2.68 bits per heavy atom. The molecule has 3 rings (SSSR count). The first kappa shape index (κ1) is 12.4. The number of hydrogen-bond donors (Lipinski definition) is 1. The minimum absolute atomic E-state index is 0.171. The zero-order chi connectivity index (χ0) is 13.4. The molecule has 1 unspecified atom stereocenters. The molecule has 0 radical (unpaired) electrons. The summed E-state index contributed by atoms with van der Waals surface area (Å²) in [5.74, 6) is 1.05. The molecule has 0 saturated carbocycles. The first-order chi connectivity index (χ1) is 9.18. The maximum atomic E-state index is 12.4. The lowest BCUT2D eigenvalue weighted by Gasteiger charge is -2.35. The predicted molar refractivity (Wildman–Crippen MR) is 73.2 cm³/mol. The van der Waals surface area contributed by atoms with E-state index in [0.29, 0.717) is 29.1 Å². The van der Waals surface area contributed by atoms with E-state index >= 15 is 0 Å². The van der Waals surface area contributed by atoms with Gasteiger partial charge in [-0.3, -0.25) is 9.59 Å². The van der Waals surface area contributed by atoms with Crippen LogP contribution in [0.5, 0.6) is 0 Å². The molecule has 1 aliphatic heterocycles. The molecule has 1 aliphatic carbocycles. The minimum atomic E-state index is -0.702. The van der Waals surface area contributed by atoms with Crippen LogP contribution in [0.25, 0.3) is 0 Å². The third-order valence-corrected chi connectivity index (χ3v) is 4.36. The summed E-state index contributed by atoms with van der Waals surface area (Å²) in [7, 11) is 0. The molecule has 19 heavy (non-hydrogen) atoms. The van der Waals surface area contributed by atoms with Crippen LogP contribution >= 0.6 is 11.8 Å². The Balaban J connectivity index is 2.00. The third kappa shape index (κ3) is 2.09. The fourth-order valence-electron chi connectivity index (χ4n) is 2.39. The Kier molecular flexibility index (Phi) is 3.16. The second-order valence-electron chi connectivity index (χ2n) is 4.52. The Labute approximate surface area is 115 Å². The number of aliphatic hydroxyl groups excluding tert-OH is 1. The van der Waals surface area contributed by atoms with Crippen molar-refractivity contribution in [2.45, 2.75) is 6.23 Å². The van der Waals surface area contributed by atoms with Crippen LogP contribution in [-0.2, 0) is 0 Å². The van der Waals surface area contributed by atoms with E-state index in [0.717, 1.165) is 5.75 Å². The van der Waals surface area contributed by atoms with Crippen LogP contribution in [0.3, 0.4) is 0 Å². The highest BCUT2D eigenvalue weighted by Gasteiger charge is 2.32. The smallest absolute Gasteiger partial charge is 0.210 e. The van der Waals surface area contributed by atoms with Gasteiger partial charge in [-0.2, -0.15) is 11.8 Å². The van der Waals surface area contributed by atoms with Crippen molar-refractivity contribution in [3.05, 3.63) is 47.2 Å². The lowest BCUT2D eigenvalue weighted by Crippen LogP contribution is -2.44. The maximum Gasteiger partial charge on any atom is 0.210 e. The molecule has 1 aromatic carbocycles. The van der Waals surface area contributed by atoms with E-state index < -0.39 is 6.23 Å². The molecule has 1 N–H and O–H groups in total. The number of ketones is 2. The Morgan fingerprint density at radius 1 is 1.21 bits per heavy atom. The van der Waals surface area contributed by atoms with E-state index in [1.54, 1.807) is 40.9 Å². The Hall–Kier alpha value is -1.59. The van der Waals surface area contributed by atoms with Crippen molar-refractivity contribution < 1.29 is 14.7 Å². The van der Waals surface area contributed by atoms with Gasteiger partial charge in [0, 0.05) is 35.3 Å². The molecule has 4 nitrogen and oxygen atoms in total. The number of rotatable bonds is 1. The number of benzene rings is 1. The number of carbonyl (C=O) groups excluding carboxylic acids is 2. The van der Waals surface area contributed by atoms with Gasteiger partial charge in [0.2, 0.25) is 5.78 Å². The van der Waals surface area contributed by atoms with Crippen molar-refractivity contribution in [1.82, 2.24) is 4.90 Å². The summed E-state index contributed by atoms with van der Waals surface area (Å²) in [6, 6.07) is 6.81. The summed E-state index contributed by atoms with van der Waals surface area (Å²) >= 11 is 1.64. The normalized spacial score (nSPS) is 23.1. The Morgan fingerprint density at radius 2 is 1.95 bits per heavy atom. The number of thioether (sulfide) groups is 1. The van der Waals surface area contributed by atoms with Gasteiger partial charge in [0.25, 0.3) is 0 Å². The molecule has 0 amide bonds. The quantitative estimate of drug-likeness (QED) is 0.837. The third-order valence-electron chi connectivity index (χ3n) is 3.35. The first-order valence-electron chi connectivity index (χ1n) is 6.10. The van der Waals surface area contributed by atoms with Crippen LogP contribution in [0.2, 0.25) is 0 Å². The van der Waals surface area contributed by atoms with Crippen LogP contribution in [0.1, 0.15) is 20.7 Å². The largest absolute Gasteiger partial charge is 0.373 e. The number of aliphatic hydroxyl groups is 1. The van der Waals surface area contributed by atoms with Gasteiger partial charge in [0.15, 0.2) is 5.78 Å². The molecule has 1 atom stereocenters. The summed E-state index contributed by atoms with van der Waals surface area (Å²) in [6.45, 7) is 0.582. The zero-order valence-electron chi connectivity index (χ0n) is 10.2. The second-order valence-corrected chi connectivity index (χ2v) is 5.67. The monoisotopic (exact) mass is 275 g/mol. The first-order valence-corrected chi connectivity index (χ1v) is 7.26. The van der Waals surface area contributed by atoms with Crippen LogP contribution in [-0.4, -0.2) is 45.9 Å². The van der Waals surface area contributed by atoms with Gasteiger partial charge in [-0.1, -0.05) is 24.3 Å². The predicted octanol–water partition coefficient (Wildman–Crippen LogP) is 1.32. The summed E-state index contributed by atoms with van der Waals surface area (Å²) in [5, 5.41) is 9.97. The number of allylic oxidation sites excluding steroid dienone is 2. The molecule has 1 aromatic rings. The molecule has 0 aromatic heterocycles. The van der Waals surface area contributed by atoms with Gasteiger partial charge in [-0.05, 0) is 0 Å². The highest BCUT2D eigenvalue weighted by Crippen LogP contribution is 2.27.